The normalized spacial score (nSPS) is 12.4. The van der Waals surface area contributed by atoms with Crippen molar-refractivity contribution in [2.24, 2.45) is 0 Å². The van der Waals surface area contributed by atoms with Gasteiger partial charge >= 0.3 is 0 Å². The van der Waals surface area contributed by atoms with E-state index in [-0.39, 0.29) is 17.2 Å². The number of pyridine rings is 2. The van der Waals surface area contributed by atoms with Gasteiger partial charge in [0.2, 0.25) is 0 Å². The molecule has 3 aromatic rings. The number of aromatic nitrogens is 2. The molecule has 0 aliphatic carbocycles. The van der Waals surface area contributed by atoms with Crippen LogP contribution in [0.1, 0.15) is 18.5 Å². The highest BCUT2D eigenvalue weighted by Gasteiger charge is 2.13. The Balaban J connectivity index is 2.23. The maximum atomic E-state index is 11.9. The van der Waals surface area contributed by atoms with Crippen molar-refractivity contribution in [1.82, 2.24) is 9.55 Å². The second-order valence-electron chi connectivity index (χ2n) is 4.71. The number of hydrogen-bond acceptors (Lipinski definition) is 3. The van der Waals surface area contributed by atoms with E-state index >= 15 is 0 Å². The van der Waals surface area contributed by atoms with Crippen molar-refractivity contribution in [3.05, 3.63) is 70.8 Å². The average molecular weight is 266 g/mol. The molecule has 0 aliphatic rings. The zero-order valence-corrected chi connectivity index (χ0v) is 11.0. The number of para-hydroxylation sites is 1. The molecule has 0 bridgehead atoms. The van der Waals surface area contributed by atoms with E-state index in [0.29, 0.717) is 5.39 Å². The highest BCUT2D eigenvalue weighted by Crippen LogP contribution is 2.28. The quantitative estimate of drug-likeness (QED) is 0.776. The van der Waals surface area contributed by atoms with E-state index in [2.05, 4.69) is 4.98 Å². The Labute approximate surface area is 116 Å². The zero-order valence-electron chi connectivity index (χ0n) is 11.0. The molecule has 0 spiro atoms. The van der Waals surface area contributed by atoms with Crippen LogP contribution < -0.4 is 5.43 Å². The third kappa shape index (κ3) is 1.95. The van der Waals surface area contributed by atoms with Crippen LogP contribution in [0.4, 0.5) is 0 Å². The highest BCUT2D eigenvalue weighted by molar-refractivity contribution is 5.77. The summed E-state index contributed by atoms with van der Waals surface area (Å²) in [5.41, 5.74) is 1.58. The predicted octanol–water partition coefficient (Wildman–Crippen LogP) is 2.71. The average Bonchev–Trinajstić information content (AvgIpc) is 2.48. The third-order valence-corrected chi connectivity index (χ3v) is 3.53. The Hall–Kier alpha value is -2.62. The molecule has 1 atom stereocenters. The molecule has 0 fully saturated rings. The molecule has 1 N–H and O–H groups in total. The van der Waals surface area contributed by atoms with Gasteiger partial charge in [-0.3, -0.25) is 9.78 Å². The van der Waals surface area contributed by atoms with Gasteiger partial charge in [-0.25, -0.2) is 0 Å². The molecule has 2 aromatic heterocycles. The monoisotopic (exact) mass is 266 g/mol. The lowest BCUT2D eigenvalue weighted by molar-refractivity contribution is 0.458. The van der Waals surface area contributed by atoms with Gasteiger partial charge in [0.15, 0.2) is 5.43 Å². The molecule has 0 saturated heterocycles. The van der Waals surface area contributed by atoms with Crippen molar-refractivity contribution in [2.75, 3.05) is 0 Å². The topological polar surface area (TPSA) is 55.1 Å². The van der Waals surface area contributed by atoms with E-state index in [1.54, 1.807) is 30.7 Å². The predicted molar refractivity (Wildman–Crippen MR) is 77.9 cm³/mol. The molecule has 0 radical (unpaired) electrons. The summed E-state index contributed by atoms with van der Waals surface area (Å²) in [5, 5.41) is 10.6. The van der Waals surface area contributed by atoms with Gasteiger partial charge in [-0.15, -0.1) is 0 Å². The van der Waals surface area contributed by atoms with E-state index in [1.165, 1.54) is 6.07 Å². The summed E-state index contributed by atoms with van der Waals surface area (Å²) in [4.78, 5) is 15.9. The van der Waals surface area contributed by atoms with E-state index < -0.39 is 0 Å². The molecular weight excluding hydrogens is 252 g/mol. The van der Waals surface area contributed by atoms with Gasteiger partial charge in [-0.1, -0.05) is 18.2 Å². The summed E-state index contributed by atoms with van der Waals surface area (Å²) in [6, 6.07) is 10.5. The van der Waals surface area contributed by atoms with Gasteiger partial charge in [0, 0.05) is 30.2 Å². The molecule has 1 aromatic carbocycles. The summed E-state index contributed by atoms with van der Waals surface area (Å²) in [6.07, 6.45) is 4.99. The molecule has 4 heteroatoms. The second kappa shape index (κ2) is 4.81. The molecular formula is C16H14N2O2. The smallest absolute Gasteiger partial charge is 0.190 e. The Morgan fingerprint density at radius 1 is 1.20 bits per heavy atom. The summed E-state index contributed by atoms with van der Waals surface area (Å²) < 4.78 is 1.97. The lowest BCUT2D eigenvalue weighted by Gasteiger charge is -2.19. The first kappa shape index (κ1) is 12.4. The summed E-state index contributed by atoms with van der Waals surface area (Å²) in [7, 11) is 0. The van der Waals surface area contributed by atoms with E-state index in [4.69, 9.17) is 0 Å². The molecule has 2 heterocycles. The van der Waals surface area contributed by atoms with Crippen LogP contribution in [0.25, 0.3) is 10.9 Å². The number of phenols is 1. The number of phenolic OH excluding ortho intramolecular Hbond substituents is 1. The van der Waals surface area contributed by atoms with Gasteiger partial charge in [-0.05, 0) is 19.1 Å². The Bertz CT molecular complexity index is 824. The molecule has 0 amide bonds. The largest absolute Gasteiger partial charge is 0.508 e. The van der Waals surface area contributed by atoms with Crippen molar-refractivity contribution >= 4 is 10.9 Å². The van der Waals surface area contributed by atoms with Crippen molar-refractivity contribution < 1.29 is 5.11 Å². The number of hydrogen-bond donors (Lipinski definition) is 1. The maximum absolute atomic E-state index is 11.9. The fraction of sp³-hybridized carbons (Fsp3) is 0.125. The first-order valence-electron chi connectivity index (χ1n) is 6.41. The van der Waals surface area contributed by atoms with Gasteiger partial charge in [0.1, 0.15) is 5.75 Å². The number of rotatable bonds is 2. The Morgan fingerprint density at radius 3 is 2.80 bits per heavy atom. The van der Waals surface area contributed by atoms with Crippen LogP contribution in [0, 0.1) is 0 Å². The number of nitrogens with zero attached hydrogens (tertiary/aromatic N) is 2. The van der Waals surface area contributed by atoms with Gasteiger partial charge in [-0.2, -0.15) is 0 Å². The van der Waals surface area contributed by atoms with Crippen molar-refractivity contribution in [3.8, 4) is 5.75 Å². The van der Waals surface area contributed by atoms with Gasteiger partial charge < -0.3 is 9.67 Å². The van der Waals surface area contributed by atoms with Crippen LogP contribution >= 0.6 is 0 Å². The molecule has 0 unspecified atom stereocenters. The first-order valence-corrected chi connectivity index (χ1v) is 6.41. The number of fused-ring (bicyclic) bond motifs is 1. The van der Waals surface area contributed by atoms with E-state index in [0.717, 1.165) is 11.1 Å². The minimum absolute atomic E-state index is 0.0474. The first-order chi connectivity index (χ1) is 9.68. The molecule has 3 rings (SSSR count). The summed E-state index contributed by atoms with van der Waals surface area (Å²) >= 11 is 0. The standard InChI is InChI=1S/C16H14N2O2/c1-11(12-4-2-3-5-15(12)19)18-9-7-16(20)13-10-17-8-6-14(13)18/h2-11,19H,1H3/t11-/m1/s1. The molecule has 100 valence electrons. The van der Waals surface area contributed by atoms with Crippen LogP contribution in [-0.4, -0.2) is 14.7 Å². The lowest BCUT2D eigenvalue weighted by atomic mass is 10.1. The van der Waals surface area contributed by atoms with Crippen molar-refractivity contribution in [1.29, 1.82) is 0 Å². The van der Waals surface area contributed by atoms with Crippen molar-refractivity contribution in [2.45, 2.75) is 13.0 Å². The minimum atomic E-state index is -0.0818. The fourth-order valence-corrected chi connectivity index (χ4v) is 2.45. The van der Waals surface area contributed by atoms with Crippen LogP contribution in [0.15, 0.2) is 59.8 Å². The zero-order chi connectivity index (χ0) is 14.1. The fourth-order valence-electron chi connectivity index (χ4n) is 2.45. The SMILES string of the molecule is C[C@H](c1ccccc1O)n1ccc(=O)c2cnccc21. The van der Waals surface area contributed by atoms with Crippen molar-refractivity contribution in [3.63, 3.8) is 0 Å². The summed E-state index contributed by atoms with van der Waals surface area (Å²) in [5.74, 6) is 0.251. The minimum Gasteiger partial charge on any atom is -0.508 e. The third-order valence-electron chi connectivity index (χ3n) is 3.53. The van der Waals surface area contributed by atoms with Gasteiger partial charge in [0.05, 0.1) is 16.9 Å². The van der Waals surface area contributed by atoms with Crippen LogP contribution in [0.5, 0.6) is 5.75 Å². The van der Waals surface area contributed by atoms with Gasteiger partial charge in [0.25, 0.3) is 0 Å². The van der Waals surface area contributed by atoms with E-state index in [9.17, 15) is 9.90 Å². The second-order valence-corrected chi connectivity index (χ2v) is 4.71. The summed E-state index contributed by atoms with van der Waals surface area (Å²) in [6.45, 7) is 1.99. The number of aromatic hydroxyl groups is 1. The van der Waals surface area contributed by atoms with Crippen LogP contribution in [0.2, 0.25) is 0 Å². The van der Waals surface area contributed by atoms with Crippen LogP contribution in [0.3, 0.4) is 0 Å². The molecule has 4 nitrogen and oxygen atoms in total. The van der Waals surface area contributed by atoms with E-state index in [1.807, 2.05) is 29.7 Å². The molecule has 0 saturated carbocycles. The maximum Gasteiger partial charge on any atom is 0.190 e. The Kier molecular flexibility index (Phi) is 2.99. The highest BCUT2D eigenvalue weighted by atomic mass is 16.3. The van der Waals surface area contributed by atoms with Crippen LogP contribution in [-0.2, 0) is 0 Å². The number of benzene rings is 1. The molecule has 20 heavy (non-hydrogen) atoms. The molecule has 0 aliphatic heterocycles. The lowest BCUT2D eigenvalue weighted by Crippen LogP contribution is -2.12. The Morgan fingerprint density at radius 2 is 2.00 bits per heavy atom.